The van der Waals surface area contributed by atoms with Crippen LogP contribution in [0.25, 0.3) is 0 Å². The Morgan fingerprint density at radius 3 is 3.33 bits per heavy atom. The molecule has 5 heteroatoms. The molecule has 2 aromatic rings. The summed E-state index contributed by atoms with van der Waals surface area (Å²) in [4.78, 5) is 4.42. The molecule has 15 heavy (non-hydrogen) atoms. The van der Waals surface area contributed by atoms with E-state index >= 15 is 0 Å². The van der Waals surface area contributed by atoms with Crippen LogP contribution in [-0.2, 0) is 6.42 Å². The minimum absolute atomic E-state index is 0.223. The molecule has 1 N–H and O–H groups in total. The van der Waals surface area contributed by atoms with Crippen LogP contribution in [0.3, 0.4) is 0 Å². The van der Waals surface area contributed by atoms with Crippen molar-refractivity contribution in [3.63, 3.8) is 0 Å². The van der Waals surface area contributed by atoms with Gasteiger partial charge in [0.1, 0.15) is 10.8 Å². The molecule has 0 amide bonds. The highest BCUT2D eigenvalue weighted by molar-refractivity contribution is 14.1. The van der Waals surface area contributed by atoms with Crippen molar-refractivity contribution >= 4 is 33.9 Å². The van der Waals surface area contributed by atoms with Crippen molar-refractivity contribution in [3.05, 3.63) is 37.7 Å². The molecule has 0 aromatic carbocycles. The maximum Gasteiger partial charge on any atom is 0.115 e. The van der Waals surface area contributed by atoms with E-state index in [4.69, 9.17) is 4.42 Å². The molecule has 3 heterocycles. The zero-order valence-electron chi connectivity index (χ0n) is 7.87. The quantitative estimate of drug-likeness (QED) is 0.816. The lowest BCUT2D eigenvalue weighted by atomic mass is 10.0. The van der Waals surface area contributed by atoms with Crippen LogP contribution in [0.4, 0.5) is 0 Å². The van der Waals surface area contributed by atoms with Gasteiger partial charge in [0.05, 0.1) is 21.4 Å². The van der Waals surface area contributed by atoms with E-state index in [2.05, 4.69) is 32.9 Å². The van der Waals surface area contributed by atoms with Gasteiger partial charge in [-0.05, 0) is 28.7 Å². The lowest BCUT2D eigenvalue weighted by Gasteiger charge is -2.21. The first-order chi connectivity index (χ1) is 7.34. The van der Waals surface area contributed by atoms with Crippen LogP contribution in [0.5, 0.6) is 0 Å². The summed E-state index contributed by atoms with van der Waals surface area (Å²) in [6.45, 7) is 0.960. The Balaban J connectivity index is 2.02. The Labute approximate surface area is 105 Å². The first-order valence-electron chi connectivity index (χ1n) is 4.75. The largest absolute Gasteiger partial charge is 0.469 e. The molecule has 1 atom stereocenters. The van der Waals surface area contributed by atoms with Gasteiger partial charge in [-0.25, -0.2) is 4.98 Å². The zero-order chi connectivity index (χ0) is 10.3. The van der Waals surface area contributed by atoms with E-state index in [0.29, 0.717) is 0 Å². The fourth-order valence-electron chi connectivity index (χ4n) is 1.87. The zero-order valence-corrected chi connectivity index (χ0v) is 10.8. The molecule has 0 fully saturated rings. The predicted octanol–water partition coefficient (Wildman–Crippen LogP) is 2.58. The Kier molecular flexibility index (Phi) is 2.53. The third kappa shape index (κ3) is 1.72. The van der Waals surface area contributed by atoms with Gasteiger partial charge in [0, 0.05) is 18.5 Å². The summed E-state index contributed by atoms with van der Waals surface area (Å²) in [5.74, 6) is 1.10. The summed E-state index contributed by atoms with van der Waals surface area (Å²) in [7, 11) is 0. The number of hydrogen-bond donors (Lipinski definition) is 1. The lowest BCUT2D eigenvalue weighted by Crippen LogP contribution is -2.29. The van der Waals surface area contributed by atoms with Crippen LogP contribution in [0, 0.1) is 2.88 Å². The van der Waals surface area contributed by atoms with E-state index in [1.54, 1.807) is 17.6 Å². The molecule has 1 unspecified atom stereocenters. The van der Waals surface area contributed by atoms with E-state index in [1.807, 2.05) is 12.3 Å². The Morgan fingerprint density at radius 2 is 2.53 bits per heavy atom. The average molecular weight is 332 g/mol. The van der Waals surface area contributed by atoms with E-state index in [0.717, 1.165) is 23.7 Å². The highest BCUT2D eigenvalue weighted by Gasteiger charge is 2.25. The van der Waals surface area contributed by atoms with Gasteiger partial charge < -0.3 is 9.73 Å². The molecule has 0 bridgehead atoms. The number of furan rings is 1. The number of halogens is 1. The Morgan fingerprint density at radius 1 is 1.60 bits per heavy atom. The van der Waals surface area contributed by atoms with Crippen LogP contribution in [0.15, 0.2) is 22.9 Å². The number of thiazole rings is 1. The molecule has 3 rings (SSSR count). The molecule has 78 valence electrons. The number of aromatic nitrogens is 1. The summed E-state index contributed by atoms with van der Waals surface area (Å²) < 4.78 is 6.67. The van der Waals surface area contributed by atoms with Crippen molar-refractivity contribution < 1.29 is 4.42 Å². The second-order valence-electron chi connectivity index (χ2n) is 3.44. The predicted molar refractivity (Wildman–Crippen MR) is 67.1 cm³/mol. The minimum Gasteiger partial charge on any atom is -0.469 e. The Hall–Kier alpha value is -0.400. The standard InChI is InChI=1S/C10H9IN2OS/c11-8-5-13-10(15-8)9-6-2-4-14-7(6)1-3-12-9/h2,4-5,9,12H,1,3H2. The van der Waals surface area contributed by atoms with Crippen LogP contribution in [-0.4, -0.2) is 11.5 Å². The third-order valence-electron chi connectivity index (χ3n) is 2.53. The third-order valence-corrected chi connectivity index (χ3v) is 4.32. The van der Waals surface area contributed by atoms with Crippen molar-refractivity contribution in [3.8, 4) is 0 Å². The number of rotatable bonds is 1. The molecule has 1 aliphatic heterocycles. The first kappa shape index (κ1) is 9.80. The van der Waals surface area contributed by atoms with Gasteiger partial charge >= 0.3 is 0 Å². The van der Waals surface area contributed by atoms with Crippen molar-refractivity contribution in [1.29, 1.82) is 0 Å². The number of hydrogen-bond acceptors (Lipinski definition) is 4. The van der Waals surface area contributed by atoms with Gasteiger partial charge in [0.15, 0.2) is 0 Å². The summed E-state index contributed by atoms with van der Waals surface area (Å²) in [5, 5.41) is 4.60. The molecule has 2 aromatic heterocycles. The van der Waals surface area contributed by atoms with E-state index in [9.17, 15) is 0 Å². The van der Waals surface area contributed by atoms with Gasteiger partial charge in [-0.1, -0.05) is 0 Å². The molecule has 3 nitrogen and oxygen atoms in total. The summed E-state index contributed by atoms with van der Waals surface area (Å²) in [5.41, 5.74) is 1.24. The number of nitrogens with zero attached hydrogens (tertiary/aromatic N) is 1. The molecule has 0 radical (unpaired) electrons. The summed E-state index contributed by atoms with van der Waals surface area (Å²) in [6.07, 6.45) is 4.65. The second kappa shape index (κ2) is 3.88. The maximum atomic E-state index is 5.45. The maximum absolute atomic E-state index is 5.45. The van der Waals surface area contributed by atoms with Crippen molar-refractivity contribution in [2.24, 2.45) is 0 Å². The van der Waals surface area contributed by atoms with Crippen LogP contribution >= 0.6 is 33.9 Å². The van der Waals surface area contributed by atoms with Crippen molar-refractivity contribution in [2.45, 2.75) is 12.5 Å². The molecule has 0 saturated heterocycles. The van der Waals surface area contributed by atoms with Crippen LogP contribution in [0.1, 0.15) is 22.4 Å². The second-order valence-corrected chi connectivity index (χ2v) is 6.40. The lowest BCUT2D eigenvalue weighted by molar-refractivity contribution is 0.455. The highest BCUT2D eigenvalue weighted by Crippen LogP contribution is 2.31. The fourth-order valence-corrected chi connectivity index (χ4v) is 3.43. The summed E-state index contributed by atoms with van der Waals surface area (Å²) in [6, 6.07) is 2.27. The molecule has 0 aliphatic carbocycles. The Bertz CT molecular complexity index is 479. The van der Waals surface area contributed by atoms with Gasteiger partial charge in [0.2, 0.25) is 0 Å². The smallest absolute Gasteiger partial charge is 0.115 e. The van der Waals surface area contributed by atoms with Gasteiger partial charge in [-0.2, -0.15) is 0 Å². The van der Waals surface area contributed by atoms with Crippen molar-refractivity contribution in [1.82, 2.24) is 10.3 Å². The van der Waals surface area contributed by atoms with Gasteiger partial charge in [-0.3, -0.25) is 0 Å². The molecule has 1 aliphatic rings. The van der Waals surface area contributed by atoms with E-state index in [1.165, 1.54) is 8.45 Å². The summed E-state index contributed by atoms with van der Waals surface area (Å²) >= 11 is 4.03. The number of fused-ring (bicyclic) bond motifs is 1. The van der Waals surface area contributed by atoms with Gasteiger partial charge in [0.25, 0.3) is 0 Å². The number of nitrogens with one attached hydrogen (secondary N) is 1. The van der Waals surface area contributed by atoms with Gasteiger partial charge in [-0.15, -0.1) is 11.3 Å². The fraction of sp³-hybridized carbons (Fsp3) is 0.300. The topological polar surface area (TPSA) is 38.1 Å². The molecular formula is C10H9IN2OS. The van der Waals surface area contributed by atoms with Crippen molar-refractivity contribution in [2.75, 3.05) is 6.54 Å². The van der Waals surface area contributed by atoms with E-state index < -0.39 is 0 Å². The van der Waals surface area contributed by atoms with Crippen LogP contribution in [0.2, 0.25) is 0 Å². The SMILES string of the molecule is Ic1cnc(C2NCCc3occc32)s1. The highest BCUT2D eigenvalue weighted by atomic mass is 127. The van der Waals surface area contributed by atoms with Crippen LogP contribution < -0.4 is 5.32 Å². The monoisotopic (exact) mass is 332 g/mol. The minimum atomic E-state index is 0.223. The normalized spacial score (nSPS) is 20.2. The average Bonchev–Trinajstić information content (AvgIpc) is 2.84. The molecule has 0 saturated carbocycles. The first-order valence-corrected chi connectivity index (χ1v) is 6.65. The van der Waals surface area contributed by atoms with E-state index in [-0.39, 0.29) is 6.04 Å². The molecule has 0 spiro atoms. The molecular weight excluding hydrogens is 323 g/mol.